The monoisotopic (exact) mass is 424 g/mol. The Balaban J connectivity index is 2.06. The van der Waals surface area contributed by atoms with Crippen molar-refractivity contribution in [1.29, 1.82) is 0 Å². The second kappa shape index (κ2) is 8.21. The fraction of sp³-hybridized carbons (Fsp3) is 0.158. The quantitative estimate of drug-likeness (QED) is 0.596. The molecule has 1 heterocycles. The maximum Gasteiger partial charge on any atom is 0.259 e. The second-order valence-corrected chi connectivity index (χ2v) is 6.79. The van der Waals surface area contributed by atoms with Gasteiger partial charge in [-0.05, 0) is 48.9 Å². The number of hydrogen-bond donors (Lipinski definition) is 1. The van der Waals surface area contributed by atoms with Crippen molar-refractivity contribution in [3.05, 3.63) is 62.1 Å². The Hall–Kier alpha value is -2.21. The molecule has 2 aromatic carbocycles. The number of halogens is 3. The molecule has 0 unspecified atom stereocenters. The van der Waals surface area contributed by atoms with Gasteiger partial charge in [0.15, 0.2) is 17.3 Å². The summed E-state index contributed by atoms with van der Waals surface area (Å²) in [6.07, 6.45) is 1.63. The summed E-state index contributed by atoms with van der Waals surface area (Å²) in [5, 5.41) is 1.48. The Bertz CT molecular complexity index is 1090. The molecular weight excluding hydrogens is 411 g/mol. The second-order valence-electron chi connectivity index (χ2n) is 5.54. The minimum absolute atomic E-state index is 0.237. The molecule has 0 saturated heterocycles. The summed E-state index contributed by atoms with van der Waals surface area (Å²) in [5.41, 5.74) is 0.840. The largest absolute Gasteiger partial charge is 0.491 e. The highest BCUT2D eigenvalue weighted by molar-refractivity contribution is 6.50. The highest BCUT2D eigenvalue weighted by Crippen LogP contribution is 2.37. The molecule has 0 spiro atoms. The molecule has 3 rings (SSSR count). The Morgan fingerprint density at radius 2 is 2.04 bits per heavy atom. The summed E-state index contributed by atoms with van der Waals surface area (Å²) in [7, 11) is 1.52. The van der Waals surface area contributed by atoms with Gasteiger partial charge in [0.25, 0.3) is 5.56 Å². The summed E-state index contributed by atoms with van der Waals surface area (Å²) in [4.78, 5) is 19.3. The van der Waals surface area contributed by atoms with Crippen molar-refractivity contribution < 1.29 is 9.47 Å². The number of benzene rings is 2. The summed E-state index contributed by atoms with van der Waals surface area (Å²) in [6, 6.07) is 8.31. The summed E-state index contributed by atoms with van der Waals surface area (Å²) < 4.78 is 10.8. The number of fused-ring (bicyclic) bond motifs is 1. The van der Waals surface area contributed by atoms with Crippen LogP contribution < -0.4 is 15.0 Å². The highest BCUT2D eigenvalue weighted by atomic mass is 35.5. The zero-order valence-electron chi connectivity index (χ0n) is 14.5. The Morgan fingerprint density at radius 1 is 1.26 bits per heavy atom. The summed E-state index contributed by atoms with van der Waals surface area (Å²) >= 11 is 18.6. The third-order valence-corrected chi connectivity index (χ3v) is 4.53. The summed E-state index contributed by atoms with van der Waals surface area (Å²) in [5.74, 6) is 1.18. The van der Waals surface area contributed by atoms with Crippen LogP contribution in [0.5, 0.6) is 11.5 Å². The molecule has 1 N–H and O–H groups in total. The van der Waals surface area contributed by atoms with Gasteiger partial charge in [0, 0.05) is 5.02 Å². The lowest BCUT2D eigenvalue weighted by Gasteiger charge is -2.12. The molecule has 140 valence electrons. The van der Waals surface area contributed by atoms with Crippen LogP contribution in [0.3, 0.4) is 0 Å². The third-order valence-electron chi connectivity index (χ3n) is 3.72. The molecule has 0 amide bonds. The Labute approximate surface area is 170 Å². The lowest BCUT2D eigenvalue weighted by molar-refractivity contribution is 0.311. The van der Waals surface area contributed by atoms with E-state index in [2.05, 4.69) is 9.97 Å². The van der Waals surface area contributed by atoms with Crippen molar-refractivity contribution in [2.45, 2.75) is 6.92 Å². The number of rotatable bonds is 5. The lowest BCUT2D eigenvalue weighted by Crippen LogP contribution is -2.10. The zero-order chi connectivity index (χ0) is 19.6. The minimum Gasteiger partial charge on any atom is -0.491 e. The molecule has 8 heteroatoms. The Morgan fingerprint density at radius 3 is 2.74 bits per heavy atom. The standard InChI is InChI=1S/C19H15Cl3N2O3/c1-3-27-16-8-10(6-13(21)17(16)26-2)7-14(22)18-23-15-5-4-11(20)9-12(15)19(25)24-18/h4-9H,3H2,1-2H3,(H,23,24,25)/b14-7-. The van der Waals surface area contributed by atoms with E-state index < -0.39 is 0 Å². The fourth-order valence-corrected chi connectivity index (χ4v) is 3.25. The number of nitrogens with zero attached hydrogens (tertiary/aromatic N) is 1. The van der Waals surface area contributed by atoms with Crippen molar-refractivity contribution >= 4 is 56.8 Å². The molecule has 0 fully saturated rings. The average Bonchev–Trinajstić information content (AvgIpc) is 2.62. The first kappa shape index (κ1) is 19.5. The van der Waals surface area contributed by atoms with Crippen LogP contribution in [0.15, 0.2) is 35.1 Å². The topological polar surface area (TPSA) is 64.2 Å². The predicted molar refractivity (Wildman–Crippen MR) is 110 cm³/mol. The van der Waals surface area contributed by atoms with Gasteiger partial charge in [-0.1, -0.05) is 34.8 Å². The third kappa shape index (κ3) is 4.21. The zero-order valence-corrected chi connectivity index (χ0v) is 16.7. The number of aromatic nitrogens is 2. The normalized spacial score (nSPS) is 11.7. The van der Waals surface area contributed by atoms with E-state index in [1.807, 2.05) is 6.92 Å². The summed E-state index contributed by atoms with van der Waals surface area (Å²) in [6.45, 7) is 2.31. The van der Waals surface area contributed by atoms with Gasteiger partial charge in [-0.3, -0.25) is 4.79 Å². The first-order valence-electron chi connectivity index (χ1n) is 8.00. The van der Waals surface area contributed by atoms with Crippen molar-refractivity contribution in [2.75, 3.05) is 13.7 Å². The van der Waals surface area contributed by atoms with Crippen molar-refractivity contribution in [1.82, 2.24) is 9.97 Å². The predicted octanol–water partition coefficient (Wildman–Crippen LogP) is 5.37. The molecule has 0 bridgehead atoms. The van der Waals surface area contributed by atoms with E-state index in [1.165, 1.54) is 7.11 Å². The van der Waals surface area contributed by atoms with Gasteiger partial charge in [-0.15, -0.1) is 0 Å². The van der Waals surface area contributed by atoms with Crippen LogP contribution in [0.1, 0.15) is 18.3 Å². The van der Waals surface area contributed by atoms with Gasteiger partial charge >= 0.3 is 0 Å². The number of ether oxygens (including phenoxy) is 2. The minimum atomic E-state index is -0.327. The molecule has 27 heavy (non-hydrogen) atoms. The molecule has 0 aliphatic carbocycles. The van der Waals surface area contributed by atoms with E-state index in [-0.39, 0.29) is 16.4 Å². The number of methoxy groups -OCH3 is 1. The van der Waals surface area contributed by atoms with E-state index in [0.29, 0.717) is 44.6 Å². The van der Waals surface area contributed by atoms with E-state index in [9.17, 15) is 4.79 Å². The van der Waals surface area contributed by atoms with Gasteiger partial charge < -0.3 is 14.5 Å². The number of H-pyrrole nitrogens is 1. The average molecular weight is 426 g/mol. The molecule has 5 nitrogen and oxygen atoms in total. The van der Waals surface area contributed by atoms with Gasteiger partial charge in [-0.2, -0.15) is 0 Å². The smallest absolute Gasteiger partial charge is 0.259 e. The molecule has 0 atom stereocenters. The SMILES string of the molecule is CCOc1cc(/C=C(\Cl)c2nc3ccc(Cl)cc3c(=O)[nH]2)cc(Cl)c1OC. The Kier molecular flexibility index (Phi) is 5.95. The number of nitrogens with one attached hydrogen (secondary N) is 1. The maximum atomic E-state index is 12.3. The molecule has 3 aromatic rings. The van der Waals surface area contributed by atoms with E-state index >= 15 is 0 Å². The number of hydrogen-bond acceptors (Lipinski definition) is 4. The van der Waals surface area contributed by atoms with E-state index in [0.717, 1.165) is 0 Å². The van der Waals surface area contributed by atoms with Gasteiger partial charge in [0.1, 0.15) is 0 Å². The van der Waals surface area contributed by atoms with Crippen molar-refractivity contribution in [2.24, 2.45) is 0 Å². The first-order chi connectivity index (χ1) is 12.9. The first-order valence-corrected chi connectivity index (χ1v) is 9.13. The van der Waals surface area contributed by atoms with Crippen LogP contribution in [0.25, 0.3) is 22.0 Å². The van der Waals surface area contributed by atoms with Crippen LogP contribution in [-0.2, 0) is 0 Å². The molecule has 0 radical (unpaired) electrons. The van der Waals surface area contributed by atoms with Crippen LogP contribution >= 0.6 is 34.8 Å². The highest BCUT2D eigenvalue weighted by Gasteiger charge is 2.12. The molecule has 0 saturated carbocycles. The van der Waals surface area contributed by atoms with Crippen LogP contribution in [0.2, 0.25) is 10.0 Å². The number of aromatic amines is 1. The maximum absolute atomic E-state index is 12.3. The molecule has 0 aliphatic rings. The van der Waals surface area contributed by atoms with Gasteiger partial charge in [0.05, 0.1) is 34.7 Å². The van der Waals surface area contributed by atoms with Gasteiger partial charge in [0.2, 0.25) is 0 Å². The lowest BCUT2D eigenvalue weighted by atomic mass is 10.1. The fourth-order valence-electron chi connectivity index (χ4n) is 2.57. The molecule has 0 aliphatic heterocycles. The van der Waals surface area contributed by atoms with Crippen LogP contribution in [0.4, 0.5) is 0 Å². The molecular formula is C19H15Cl3N2O3. The molecule has 1 aromatic heterocycles. The van der Waals surface area contributed by atoms with E-state index in [4.69, 9.17) is 44.3 Å². The van der Waals surface area contributed by atoms with Crippen molar-refractivity contribution in [3.8, 4) is 11.5 Å². The van der Waals surface area contributed by atoms with Crippen molar-refractivity contribution in [3.63, 3.8) is 0 Å². The van der Waals surface area contributed by atoms with Crippen LogP contribution in [0, 0.1) is 0 Å². The van der Waals surface area contributed by atoms with E-state index in [1.54, 1.807) is 36.4 Å². The van der Waals surface area contributed by atoms with Gasteiger partial charge in [-0.25, -0.2) is 4.98 Å². The van der Waals surface area contributed by atoms with Crippen LogP contribution in [-0.4, -0.2) is 23.7 Å².